The average molecular weight is 339 g/mol. The molecule has 1 fully saturated rings. The monoisotopic (exact) mass is 339 g/mol. The standard InChI is InChI=1S/C21H25NO3/c1-15-6-5-9-19(12-15)25-14-18(23)13-22-21(24)20(17-10-11-17)16-7-3-2-4-8-16/h2-9,12,17-18,20,23H,10-11,13-14H2,1H3,(H,22,24). The van der Waals surface area contributed by atoms with Crippen molar-refractivity contribution < 1.29 is 14.6 Å². The summed E-state index contributed by atoms with van der Waals surface area (Å²) in [4.78, 5) is 12.6. The first-order valence-electron chi connectivity index (χ1n) is 8.83. The molecule has 2 aromatic rings. The molecular weight excluding hydrogens is 314 g/mol. The third-order valence-corrected chi connectivity index (χ3v) is 4.48. The fourth-order valence-electron chi connectivity index (χ4n) is 3.01. The Morgan fingerprint density at radius 1 is 1.20 bits per heavy atom. The van der Waals surface area contributed by atoms with Crippen molar-refractivity contribution in [2.75, 3.05) is 13.2 Å². The van der Waals surface area contributed by atoms with Crippen molar-refractivity contribution in [2.24, 2.45) is 5.92 Å². The van der Waals surface area contributed by atoms with Crippen LogP contribution in [0.25, 0.3) is 0 Å². The number of hydrogen-bond donors (Lipinski definition) is 2. The number of ether oxygens (including phenoxy) is 1. The minimum absolute atomic E-state index is 0.0108. The predicted octanol–water partition coefficient (Wildman–Crippen LogP) is 3.04. The van der Waals surface area contributed by atoms with Crippen molar-refractivity contribution >= 4 is 5.91 Å². The van der Waals surface area contributed by atoms with Crippen LogP contribution in [0, 0.1) is 12.8 Å². The molecule has 0 spiro atoms. The molecule has 0 radical (unpaired) electrons. The maximum Gasteiger partial charge on any atom is 0.227 e. The lowest BCUT2D eigenvalue weighted by Crippen LogP contribution is -2.38. The molecular formula is C21H25NO3. The highest BCUT2D eigenvalue weighted by molar-refractivity contribution is 5.84. The Bertz CT molecular complexity index is 697. The molecule has 0 saturated heterocycles. The number of nitrogens with one attached hydrogen (secondary N) is 1. The van der Waals surface area contributed by atoms with Crippen LogP contribution in [-0.4, -0.2) is 30.3 Å². The number of rotatable bonds is 8. The van der Waals surface area contributed by atoms with Crippen LogP contribution in [0.2, 0.25) is 0 Å². The first-order chi connectivity index (χ1) is 12.1. The molecule has 2 N–H and O–H groups in total. The van der Waals surface area contributed by atoms with Gasteiger partial charge in [0.15, 0.2) is 0 Å². The lowest BCUT2D eigenvalue weighted by molar-refractivity contribution is -0.123. The Hall–Kier alpha value is -2.33. The third kappa shape index (κ3) is 5.07. The molecule has 2 atom stereocenters. The van der Waals surface area contributed by atoms with Gasteiger partial charge in [0.2, 0.25) is 5.91 Å². The van der Waals surface area contributed by atoms with Gasteiger partial charge in [-0.1, -0.05) is 42.5 Å². The first kappa shape index (κ1) is 17.5. The summed E-state index contributed by atoms with van der Waals surface area (Å²) in [5.74, 6) is 1.02. The van der Waals surface area contributed by atoms with Crippen LogP contribution >= 0.6 is 0 Å². The summed E-state index contributed by atoms with van der Waals surface area (Å²) in [6, 6.07) is 17.6. The van der Waals surface area contributed by atoms with Crippen molar-refractivity contribution in [3.05, 3.63) is 65.7 Å². The largest absolute Gasteiger partial charge is 0.491 e. The van der Waals surface area contributed by atoms with E-state index in [1.807, 2.05) is 61.5 Å². The molecule has 0 heterocycles. The van der Waals surface area contributed by atoms with Crippen LogP contribution in [0.1, 0.15) is 29.9 Å². The molecule has 1 saturated carbocycles. The average Bonchev–Trinajstić information content (AvgIpc) is 3.44. The lowest BCUT2D eigenvalue weighted by atomic mass is 9.93. The second-order valence-electron chi connectivity index (χ2n) is 6.75. The Kier molecular flexibility index (Phi) is 5.71. The molecule has 1 amide bonds. The highest BCUT2D eigenvalue weighted by atomic mass is 16.5. The fourth-order valence-corrected chi connectivity index (χ4v) is 3.01. The Morgan fingerprint density at radius 3 is 2.64 bits per heavy atom. The van der Waals surface area contributed by atoms with Crippen LogP contribution in [-0.2, 0) is 4.79 Å². The number of aliphatic hydroxyl groups is 1. The van der Waals surface area contributed by atoms with E-state index >= 15 is 0 Å². The molecule has 4 heteroatoms. The van der Waals surface area contributed by atoms with Gasteiger partial charge in [0.25, 0.3) is 0 Å². The lowest BCUT2D eigenvalue weighted by Gasteiger charge is -2.19. The summed E-state index contributed by atoms with van der Waals surface area (Å²) < 4.78 is 5.58. The minimum atomic E-state index is -0.736. The highest BCUT2D eigenvalue weighted by Gasteiger charge is 2.37. The second-order valence-corrected chi connectivity index (χ2v) is 6.75. The summed E-state index contributed by atoms with van der Waals surface area (Å²) in [6.07, 6.45) is 1.44. The van der Waals surface area contributed by atoms with Crippen LogP contribution in [0.4, 0.5) is 0 Å². The van der Waals surface area contributed by atoms with Gasteiger partial charge in [-0.15, -0.1) is 0 Å². The molecule has 0 aromatic heterocycles. The van der Waals surface area contributed by atoms with Crippen LogP contribution in [0.5, 0.6) is 5.75 Å². The minimum Gasteiger partial charge on any atom is -0.491 e. The Morgan fingerprint density at radius 2 is 1.96 bits per heavy atom. The number of aliphatic hydroxyl groups excluding tert-OH is 1. The molecule has 3 rings (SSSR count). The van der Waals surface area contributed by atoms with Gasteiger partial charge in [0.1, 0.15) is 18.5 Å². The number of hydrogen-bond acceptors (Lipinski definition) is 3. The molecule has 2 unspecified atom stereocenters. The molecule has 132 valence electrons. The molecule has 0 bridgehead atoms. The van der Waals surface area contributed by atoms with E-state index in [-0.39, 0.29) is 25.0 Å². The smallest absolute Gasteiger partial charge is 0.227 e. The second kappa shape index (κ2) is 8.17. The van der Waals surface area contributed by atoms with Gasteiger partial charge < -0.3 is 15.2 Å². The van der Waals surface area contributed by atoms with Crippen molar-refractivity contribution in [2.45, 2.75) is 31.8 Å². The predicted molar refractivity (Wildman–Crippen MR) is 97.6 cm³/mol. The van der Waals surface area contributed by atoms with Gasteiger partial charge in [0.05, 0.1) is 5.92 Å². The van der Waals surface area contributed by atoms with E-state index in [0.29, 0.717) is 5.92 Å². The van der Waals surface area contributed by atoms with Gasteiger partial charge in [-0.3, -0.25) is 4.79 Å². The Labute approximate surface area is 148 Å². The normalized spacial score (nSPS) is 16.1. The number of amides is 1. The van der Waals surface area contributed by atoms with Crippen molar-refractivity contribution in [1.29, 1.82) is 0 Å². The van der Waals surface area contributed by atoms with Crippen molar-refractivity contribution in [1.82, 2.24) is 5.32 Å². The quantitative estimate of drug-likeness (QED) is 0.777. The van der Waals surface area contributed by atoms with Gasteiger partial charge in [-0.25, -0.2) is 0 Å². The summed E-state index contributed by atoms with van der Waals surface area (Å²) in [7, 11) is 0. The molecule has 0 aliphatic heterocycles. The van der Waals surface area contributed by atoms with Crippen molar-refractivity contribution in [3.8, 4) is 5.75 Å². The summed E-state index contributed by atoms with van der Waals surface area (Å²) in [5.41, 5.74) is 2.16. The van der Waals surface area contributed by atoms with E-state index in [0.717, 1.165) is 29.7 Å². The van der Waals surface area contributed by atoms with E-state index in [4.69, 9.17) is 4.74 Å². The van der Waals surface area contributed by atoms with E-state index in [1.54, 1.807) is 0 Å². The van der Waals surface area contributed by atoms with E-state index in [9.17, 15) is 9.90 Å². The summed E-state index contributed by atoms with van der Waals surface area (Å²) >= 11 is 0. The molecule has 4 nitrogen and oxygen atoms in total. The fraction of sp³-hybridized carbons (Fsp3) is 0.381. The first-order valence-corrected chi connectivity index (χ1v) is 8.83. The number of carbonyl (C=O) groups is 1. The number of aryl methyl sites for hydroxylation is 1. The van der Waals surface area contributed by atoms with E-state index < -0.39 is 6.10 Å². The highest BCUT2D eigenvalue weighted by Crippen LogP contribution is 2.42. The number of benzene rings is 2. The van der Waals surface area contributed by atoms with Gasteiger partial charge in [-0.05, 0) is 48.9 Å². The Balaban J connectivity index is 1.49. The zero-order valence-electron chi connectivity index (χ0n) is 14.5. The van der Waals surface area contributed by atoms with Crippen LogP contribution in [0.15, 0.2) is 54.6 Å². The third-order valence-electron chi connectivity index (χ3n) is 4.48. The van der Waals surface area contributed by atoms with Gasteiger partial charge in [-0.2, -0.15) is 0 Å². The van der Waals surface area contributed by atoms with Gasteiger partial charge in [0, 0.05) is 6.54 Å². The van der Waals surface area contributed by atoms with Gasteiger partial charge >= 0.3 is 0 Å². The molecule has 25 heavy (non-hydrogen) atoms. The zero-order chi connectivity index (χ0) is 17.6. The van der Waals surface area contributed by atoms with E-state index in [1.165, 1.54) is 0 Å². The maximum atomic E-state index is 12.6. The summed E-state index contributed by atoms with van der Waals surface area (Å²) in [5, 5.41) is 13.0. The summed E-state index contributed by atoms with van der Waals surface area (Å²) in [6.45, 7) is 2.34. The van der Waals surface area contributed by atoms with Crippen LogP contribution < -0.4 is 10.1 Å². The molecule has 1 aliphatic carbocycles. The number of carbonyl (C=O) groups excluding carboxylic acids is 1. The SMILES string of the molecule is Cc1cccc(OCC(O)CNC(=O)C(c2ccccc2)C2CC2)c1. The molecule has 2 aromatic carbocycles. The topological polar surface area (TPSA) is 58.6 Å². The molecule has 1 aliphatic rings. The maximum absolute atomic E-state index is 12.6. The zero-order valence-corrected chi connectivity index (χ0v) is 14.5. The van der Waals surface area contributed by atoms with E-state index in [2.05, 4.69) is 5.32 Å². The van der Waals surface area contributed by atoms with Crippen molar-refractivity contribution in [3.63, 3.8) is 0 Å². The van der Waals surface area contributed by atoms with Crippen LogP contribution in [0.3, 0.4) is 0 Å².